The summed E-state index contributed by atoms with van der Waals surface area (Å²) in [5.41, 5.74) is 0. The molecule has 0 unspecified atom stereocenters. The minimum absolute atomic E-state index is 0.0586. The van der Waals surface area contributed by atoms with Crippen LogP contribution in [0.2, 0.25) is 0 Å². The molecule has 1 aromatic carbocycles. The van der Waals surface area contributed by atoms with Gasteiger partial charge in [-0.3, -0.25) is 9.59 Å². The summed E-state index contributed by atoms with van der Waals surface area (Å²) in [6, 6.07) is 5.85. The molecule has 0 aliphatic heterocycles. The standard InChI is InChI=1S/C14H18FNO3S/c1-10(2)16(8-14(18)19-3)13(17)9-20-12-6-4-11(15)5-7-12/h4-7,10H,8-9H2,1-3H3. The predicted octanol–water partition coefficient (Wildman–Crippen LogP) is 2.33. The van der Waals surface area contributed by atoms with E-state index in [0.29, 0.717) is 0 Å². The van der Waals surface area contributed by atoms with Crippen LogP contribution in [0.4, 0.5) is 4.39 Å². The zero-order valence-corrected chi connectivity index (χ0v) is 12.6. The van der Waals surface area contributed by atoms with Gasteiger partial charge in [-0.15, -0.1) is 11.8 Å². The van der Waals surface area contributed by atoms with E-state index in [1.54, 1.807) is 12.1 Å². The lowest BCUT2D eigenvalue weighted by molar-refractivity contribution is -0.147. The second-order valence-electron chi connectivity index (χ2n) is 4.43. The van der Waals surface area contributed by atoms with Gasteiger partial charge in [0.15, 0.2) is 0 Å². The van der Waals surface area contributed by atoms with E-state index in [0.717, 1.165) is 4.90 Å². The van der Waals surface area contributed by atoms with Crippen molar-refractivity contribution in [2.75, 3.05) is 19.4 Å². The number of hydrogen-bond donors (Lipinski definition) is 0. The molecule has 1 amide bonds. The molecule has 1 rings (SSSR count). The molecule has 0 aromatic heterocycles. The second kappa shape index (κ2) is 7.89. The van der Waals surface area contributed by atoms with Crippen LogP contribution in [0.5, 0.6) is 0 Å². The summed E-state index contributed by atoms with van der Waals surface area (Å²) in [5.74, 6) is -0.713. The van der Waals surface area contributed by atoms with Crippen LogP contribution in [0.15, 0.2) is 29.2 Å². The predicted molar refractivity (Wildman–Crippen MR) is 76.0 cm³/mol. The van der Waals surface area contributed by atoms with E-state index in [-0.39, 0.29) is 30.1 Å². The number of rotatable bonds is 6. The van der Waals surface area contributed by atoms with Crippen molar-refractivity contribution in [2.45, 2.75) is 24.8 Å². The van der Waals surface area contributed by atoms with Crippen molar-refractivity contribution in [3.63, 3.8) is 0 Å². The molecule has 0 fully saturated rings. The summed E-state index contributed by atoms with van der Waals surface area (Å²) < 4.78 is 17.3. The quantitative estimate of drug-likeness (QED) is 0.597. The first kappa shape index (κ1) is 16.5. The van der Waals surface area contributed by atoms with Crippen molar-refractivity contribution in [1.82, 2.24) is 4.90 Å². The molecule has 0 aliphatic carbocycles. The third kappa shape index (κ3) is 5.21. The van der Waals surface area contributed by atoms with Crippen LogP contribution in [0.25, 0.3) is 0 Å². The highest BCUT2D eigenvalue weighted by molar-refractivity contribution is 8.00. The minimum atomic E-state index is -0.446. The largest absolute Gasteiger partial charge is 0.468 e. The van der Waals surface area contributed by atoms with Gasteiger partial charge in [0, 0.05) is 10.9 Å². The first-order valence-electron chi connectivity index (χ1n) is 6.18. The number of amides is 1. The van der Waals surface area contributed by atoms with Gasteiger partial charge in [0.1, 0.15) is 12.4 Å². The van der Waals surface area contributed by atoms with Gasteiger partial charge < -0.3 is 9.64 Å². The van der Waals surface area contributed by atoms with Crippen molar-refractivity contribution in [3.8, 4) is 0 Å². The number of methoxy groups -OCH3 is 1. The van der Waals surface area contributed by atoms with Gasteiger partial charge in [-0.25, -0.2) is 4.39 Å². The lowest BCUT2D eigenvalue weighted by Crippen LogP contribution is -2.42. The highest BCUT2D eigenvalue weighted by atomic mass is 32.2. The fraction of sp³-hybridized carbons (Fsp3) is 0.429. The molecule has 0 heterocycles. The molecule has 4 nitrogen and oxygen atoms in total. The number of esters is 1. The normalized spacial score (nSPS) is 10.4. The fourth-order valence-corrected chi connectivity index (χ4v) is 2.31. The summed E-state index contributed by atoms with van der Waals surface area (Å²) in [6.45, 7) is 3.61. The van der Waals surface area contributed by atoms with Gasteiger partial charge in [0.25, 0.3) is 0 Å². The van der Waals surface area contributed by atoms with Gasteiger partial charge >= 0.3 is 5.97 Å². The van der Waals surface area contributed by atoms with Gasteiger partial charge in [-0.05, 0) is 38.1 Å². The molecule has 0 bridgehead atoms. The van der Waals surface area contributed by atoms with E-state index >= 15 is 0 Å². The Bertz CT molecular complexity index is 462. The first-order chi connectivity index (χ1) is 9.43. The zero-order chi connectivity index (χ0) is 15.1. The van der Waals surface area contributed by atoms with Crippen molar-refractivity contribution in [3.05, 3.63) is 30.1 Å². The summed E-state index contributed by atoms with van der Waals surface area (Å²) >= 11 is 1.31. The molecule has 0 aliphatic rings. The van der Waals surface area contributed by atoms with Crippen LogP contribution >= 0.6 is 11.8 Å². The van der Waals surface area contributed by atoms with E-state index in [4.69, 9.17) is 0 Å². The van der Waals surface area contributed by atoms with Gasteiger partial charge in [-0.1, -0.05) is 0 Å². The van der Waals surface area contributed by atoms with Crippen molar-refractivity contribution in [2.24, 2.45) is 0 Å². The first-order valence-corrected chi connectivity index (χ1v) is 7.17. The maximum Gasteiger partial charge on any atom is 0.325 e. The summed E-state index contributed by atoms with van der Waals surface area (Å²) in [5, 5.41) is 0. The van der Waals surface area contributed by atoms with Crippen molar-refractivity contribution >= 4 is 23.6 Å². The number of carbonyl (C=O) groups excluding carboxylic acids is 2. The summed E-state index contributed by atoms with van der Waals surface area (Å²) in [7, 11) is 1.29. The Kier molecular flexibility index (Phi) is 6.51. The van der Waals surface area contributed by atoms with E-state index < -0.39 is 5.97 Å². The molecule has 0 spiro atoms. The number of carbonyl (C=O) groups is 2. The SMILES string of the molecule is COC(=O)CN(C(=O)CSc1ccc(F)cc1)C(C)C. The third-order valence-corrected chi connectivity index (χ3v) is 3.64. The average Bonchev–Trinajstić information content (AvgIpc) is 2.43. The molecule has 6 heteroatoms. The monoisotopic (exact) mass is 299 g/mol. The molecule has 0 saturated heterocycles. The Morgan fingerprint density at radius 3 is 2.40 bits per heavy atom. The second-order valence-corrected chi connectivity index (χ2v) is 5.48. The Morgan fingerprint density at radius 1 is 1.30 bits per heavy atom. The van der Waals surface area contributed by atoms with Crippen molar-refractivity contribution in [1.29, 1.82) is 0 Å². The molecule has 20 heavy (non-hydrogen) atoms. The Balaban J connectivity index is 2.57. The van der Waals surface area contributed by atoms with Crippen LogP contribution in [-0.2, 0) is 14.3 Å². The van der Waals surface area contributed by atoms with Crippen LogP contribution in [0, 0.1) is 5.82 Å². The van der Waals surface area contributed by atoms with Gasteiger partial charge in [0.2, 0.25) is 5.91 Å². The Labute approximate surface area is 122 Å². The number of ether oxygens (including phenoxy) is 1. The molecule has 0 saturated carbocycles. The Hall–Kier alpha value is -1.56. The third-order valence-electron chi connectivity index (χ3n) is 2.65. The molecular weight excluding hydrogens is 281 g/mol. The van der Waals surface area contributed by atoms with Crippen LogP contribution in [0.1, 0.15) is 13.8 Å². The number of halogens is 1. The molecule has 0 N–H and O–H groups in total. The van der Waals surface area contributed by atoms with E-state index in [1.165, 1.54) is 35.9 Å². The van der Waals surface area contributed by atoms with E-state index in [9.17, 15) is 14.0 Å². The summed E-state index contributed by atoms with van der Waals surface area (Å²) in [4.78, 5) is 25.6. The minimum Gasteiger partial charge on any atom is -0.468 e. The molecule has 0 radical (unpaired) electrons. The maximum absolute atomic E-state index is 12.8. The highest BCUT2D eigenvalue weighted by Crippen LogP contribution is 2.19. The zero-order valence-electron chi connectivity index (χ0n) is 11.8. The van der Waals surface area contributed by atoms with Crippen LogP contribution in [-0.4, -0.2) is 42.2 Å². The molecule has 1 aromatic rings. The lowest BCUT2D eigenvalue weighted by atomic mass is 10.3. The highest BCUT2D eigenvalue weighted by Gasteiger charge is 2.20. The lowest BCUT2D eigenvalue weighted by Gasteiger charge is -2.25. The summed E-state index contributed by atoms with van der Waals surface area (Å²) in [6.07, 6.45) is 0. The average molecular weight is 299 g/mol. The fourth-order valence-electron chi connectivity index (χ4n) is 1.52. The molecule has 110 valence electrons. The smallest absolute Gasteiger partial charge is 0.325 e. The van der Waals surface area contributed by atoms with E-state index in [2.05, 4.69) is 4.74 Å². The topological polar surface area (TPSA) is 46.6 Å². The Morgan fingerprint density at radius 2 is 1.90 bits per heavy atom. The van der Waals surface area contributed by atoms with Gasteiger partial charge in [0.05, 0.1) is 12.9 Å². The molecular formula is C14H18FNO3S. The number of hydrogen-bond acceptors (Lipinski definition) is 4. The van der Waals surface area contributed by atoms with E-state index in [1.807, 2.05) is 13.8 Å². The van der Waals surface area contributed by atoms with Gasteiger partial charge in [-0.2, -0.15) is 0 Å². The number of nitrogens with zero attached hydrogens (tertiary/aromatic N) is 1. The maximum atomic E-state index is 12.8. The molecule has 0 atom stereocenters. The van der Waals surface area contributed by atoms with Crippen LogP contribution in [0.3, 0.4) is 0 Å². The number of thioether (sulfide) groups is 1. The number of benzene rings is 1. The van der Waals surface area contributed by atoms with Crippen molar-refractivity contribution < 1.29 is 18.7 Å². The van der Waals surface area contributed by atoms with Crippen LogP contribution < -0.4 is 0 Å².